The fourth-order valence-electron chi connectivity index (χ4n) is 6.21. The van der Waals surface area contributed by atoms with Crippen molar-refractivity contribution in [2.75, 3.05) is 13.1 Å². The Hall–Kier alpha value is -2.59. The van der Waals surface area contributed by atoms with Crippen LogP contribution in [0.2, 0.25) is 0 Å². The van der Waals surface area contributed by atoms with Crippen molar-refractivity contribution in [3.05, 3.63) is 40.5 Å². The van der Waals surface area contributed by atoms with Gasteiger partial charge in [0.2, 0.25) is 0 Å². The summed E-state index contributed by atoms with van der Waals surface area (Å²) in [4.78, 5) is 21.3. The van der Waals surface area contributed by atoms with E-state index in [0.717, 1.165) is 74.8 Å². The Kier molecular flexibility index (Phi) is 7.11. The van der Waals surface area contributed by atoms with Crippen LogP contribution in [0.25, 0.3) is 10.9 Å². The summed E-state index contributed by atoms with van der Waals surface area (Å²) in [6.07, 6.45) is 7.96. The van der Waals surface area contributed by atoms with E-state index in [4.69, 9.17) is 4.74 Å². The van der Waals surface area contributed by atoms with Gasteiger partial charge in [-0.2, -0.15) is 5.10 Å². The molecule has 6 rings (SSSR count). The Morgan fingerprint density at radius 2 is 2.08 bits per heavy atom. The van der Waals surface area contributed by atoms with E-state index in [1.54, 1.807) is 4.68 Å². The molecule has 7 nitrogen and oxygen atoms in total. The third-order valence-electron chi connectivity index (χ3n) is 8.36. The van der Waals surface area contributed by atoms with Crippen LogP contribution in [0.1, 0.15) is 72.3 Å². The number of nitrogens with one attached hydrogen (secondary N) is 1. The number of hydrogen-bond acceptors (Lipinski definition) is 6. The second-order valence-electron chi connectivity index (χ2n) is 11.2. The highest BCUT2D eigenvalue weighted by molar-refractivity contribution is 7.13. The standard InChI is InChI=1S/C28H35F2N5O2S/c1-34-16-22-21(3-2-4-23(22)33-34)26(36)31-19-7-5-18(6-8-19)10-13-35-14-11-25-24(17-35)32-27(38-25)37-20-9-12-28(29,30)15-20/h2-4,16,18-20H,5-15,17H2,1H3,(H,31,36)/t18-,19-,20?. The maximum atomic E-state index is 13.5. The van der Waals surface area contributed by atoms with Gasteiger partial charge in [0, 0.05) is 55.5 Å². The van der Waals surface area contributed by atoms with Gasteiger partial charge in [0.25, 0.3) is 17.0 Å². The van der Waals surface area contributed by atoms with E-state index in [2.05, 4.69) is 20.3 Å². The van der Waals surface area contributed by atoms with Gasteiger partial charge in [0.05, 0.1) is 16.8 Å². The Labute approximate surface area is 225 Å². The number of amides is 1. The summed E-state index contributed by atoms with van der Waals surface area (Å²) in [5.74, 6) is -1.94. The molecule has 2 aliphatic carbocycles. The van der Waals surface area contributed by atoms with Gasteiger partial charge in [-0.3, -0.25) is 14.4 Å². The van der Waals surface area contributed by atoms with Crippen molar-refractivity contribution in [2.24, 2.45) is 13.0 Å². The minimum atomic E-state index is -2.60. The first-order chi connectivity index (χ1) is 18.3. The number of aromatic nitrogens is 3. The van der Waals surface area contributed by atoms with Crippen molar-refractivity contribution in [3.63, 3.8) is 0 Å². The van der Waals surface area contributed by atoms with Crippen LogP contribution in [0.3, 0.4) is 0 Å². The molecule has 0 bridgehead atoms. The molecule has 10 heteroatoms. The zero-order valence-corrected chi connectivity index (χ0v) is 22.6. The molecule has 3 heterocycles. The lowest BCUT2D eigenvalue weighted by Gasteiger charge is -2.32. The molecule has 1 N–H and O–H groups in total. The highest BCUT2D eigenvalue weighted by atomic mass is 32.1. The molecule has 1 aliphatic heterocycles. The minimum absolute atomic E-state index is 0.00979. The molecule has 38 heavy (non-hydrogen) atoms. The van der Waals surface area contributed by atoms with Crippen LogP contribution in [-0.2, 0) is 20.0 Å². The van der Waals surface area contributed by atoms with Gasteiger partial charge in [-0.1, -0.05) is 17.4 Å². The van der Waals surface area contributed by atoms with Gasteiger partial charge < -0.3 is 10.1 Å². The predicted octanol–water partition coefficient (Wildman–Crippen LogP) is 5.33. The number of nitrogens with zero attached hydrogens (tertiary/aromatic N) is 4. The van der Waals surface area contributed by atoms with Gasteiger partial charge in [-0.15, -0.1) is 0 Å². The first-order valence-electron chi connectivity index (χ1n) is 13.8. The second-order valence-corrected chi connectivity index (χ2v) is 12.3. The fourth-order valence-corrected chi connectivity index (χ4v) is 7.18. The summed E-state index contributed by atoms with van der Waals surface area (Å²) in [5, 5.41) is 9.12. The summed E-state index contributed by atoms with van der Waals surface area (Å²) >= 11 is 1.53. The number of halogens is 2. The summed E-state index contributed by atoms with van der Waals surface area (Å²) in [6, 6.07) is 5.92. The van der Waals surface area contributed by atoms with Crippen molar-refractivity contribution in [2.45, 2.75) is 82.4 Å². The predicted molar refractivity (Wildman–Crippen MR) is 143 cm³/mol. The molecule has 0 spiro atoms. The lowest BCUT2D eigenvalue weighted by Crippen LogP contribution is -2.38. The third-order valence-corrected chi connectivity index (χ3v) is 9.41. The van der Waals surface area contributed by atoms with Gasteiger partial charge >= 0.3 is 0 Å². The van der Waals surface area contributed by atoms with Crippen LogP contribution in [0, 0.1) is 5.92 Å². The largest absolute Gasteiger partial charge is 0.466 e. The van der Waals surface area contributed by atoms with Crippen molar-refractivity contribution < 1.29 is 18.3 Å². The number of carbonyl (C=O) groups is 1. The normalized spacial score (nSPS) is 25.4. The average Bonchev–Trinajstić information content (AvgIpc) is 3.57. The molecule has 1 amide bonds. The lowest BCUT2D eigenvalue weighted by atomic mass is 9.84. The smallest absolute Gasteiger partial charge is 0.273 e. The number of benzene rings is 1. The van der Waals surface area contributed by atoms with E-state index in [-0.39, 0.29) is 24.8 Å². The topological polar surface area (TPSA) is 72.3 Å². The fraction of sp³-hybridized carbons (Fsp3) is 0.607. The quantitative estimate of drug-likeness (QED) is 0.436. The number of thiazole rings is 1. The number of ether oxygens (including phenoxy) is 1. The Morgan fingerprint density at radius 3 is 2.87 bits per heavy atom. The minimum Gasteiger partial charge on any atom is -0.466 e. The molecule has 1 atom stereocenters. The molecule has 0 radical (unpaired) electrons. The third kappa shape index (κ3) is 5.71. The maximum Gasteiger partial charge on any atom is 0.273 e. The molecule has 204 valence electrons. The number of fused-ring (bicyclic) bond motifs is 2. The molecule has 2 aromatic heterocycles. The van der Waals surface area contributed by atoms with Gasteiger partial charge in [0.1, 0.15) is 6.10 Å². The average molecular weight is 544 g/mol. The van der Waals surface area contributed by atoms with Gasteiger partial charge in [0.15, 0.2) is 0 Å². The molecule has 0 saturated heterocycles. The molecule has 2 fully saturated rings. The highest BCUT2D eigenvalue weighted by Crippen LogP contribution is 2.39. The van der Waals surface area contributed by atoms with E-state index in [0.29, 0.717) is 23.1 Å². The summed E-state index contributed by atoms with van der Waals surface area (Å²) in [7, 11) is 1.87. The molecular formula is C28H35F2N5O2S. The summed E-state index contributed by atoms with van der Waals surface area (Å²) in [6.45, 7) is 2.84. The SMILES string of the molecule is Cn1cc2c(C(=O)N[C@H]3CC[C@H](CCN4CCc5sc(OC6CCC(F)(F)C6)nc5C4)CC3)cccc2n1. The number of aryl methyl sites for hydroxylation is 1. The van der Waals surface area contributed by atoms with Crippen LogP contribution >= 0.6 is 11.3 Å². The molecule has 3 aliphatic rings. The van der Waals surface area contributed by atoms with Crippen LogP contribution in [0.5, 0.6) is 5.19 Å². The van der Waals surface area contributed by atoms with Crippen LogP contribution in [0.4, 0.5) is 8.78 Å². The highest BCUT2D eigenvalue weighted by Gasteiger charge is 2.41. The van der Waals surface area contributed by atoms with Crippen LogP contribution in [0.15, 0.2) is 24.4 Å². The van der Waals surface area contributed by atoms with E-state index < -0.39 is 12.0 Å². The first kappa shape index (κ1) is 25.7. The lowest BCUT2D eigenvalue weighted by molar-refractivity contribution is -0.00108. The summed E-state index contributed by atoms with van der Waals surface area (Å²) < 4.78 is 34.5. The Bertz CT molecular complexity index is 1300. The number of alkyl halides is 2. The second kappa shape index (κ2) is 10.5. The van der Waals surface area contributed by atoms with E-state index in [1.165, 1.54) is 16.2 Å². The van der Waals surface area contributed by atoms with E-state index in [1.807, 2.05) is 31.4 Å². The van der Waals surface area contributed by atoms with Gasteiger partial charge in [-0.25, -0.2) is 13.8 Å². The van der Waals surface area contributed by atoms with Gasteiger partial charge in [-0.05, 0) is 69.5 Å². The number of hydrogen-bond donors (Lipinski definition) is 1. The monoisotopic (exact) mass is 543 g/mol. The number of rotatable bonds is 7. The van der Waals surface area contributed by atoms with Crippen molar-refractivity contribution in [1.29, 1.82) is 0 Å². The van der Waals surface area contributed by atoms with Crippen molar-refractivity contribution in [3.8, 4) is 5.19 Å². The van der Waals surface area contributed by atoms with E-state index >= 15 is 0 Å². The van der Waals surface area contributed by atoms with Crippen molar-refractivity contribution in [1.82, 2.24) is 25.0 Å². The zero-order valence-electron chi connectivity index (χ0n) is 21.8. The molecule has 3 aromatic rings. The van der Waals surface area contributed by atoms with Crippen LogP contribution in [-0.4, -0.2) is 56.7 Å². The number of carbonyl (C=O) groups excluding carboxylic acids is 1. The van der Waals surface area contributed by atoms with Crippen LogP contribution < -0.4 is 10.1 Å². The maximum absolute atomic E-state index is 13.5. The summed E-state index contributed by atoms with van der Waals surface area (Å²) in [5.41, 5.74) is 2.59. The first-order valence-corrected chi connectivity index (χ1v) is 14.6. The molecule has 1 aromatic carbocycles. The molecule has 2 saturated carbocycles. The molecule has 1 unspecified atom stereocenters. The molecular weight excluding hydrogens is 508 g/mol. The zero-order chi connectivity index (χ0) is 26.3. The van der Waals surface area contributed by atoms with E-state index in [9.17, 15) is 13.6 Å². The Morgan fingerprint density at radius 1 is 1.24 bits per heavy atom. The van der Waals surface area contributed by atoms with Crippen molar-refractivity contribution >= 4 is 28.1 Å². The Balaban J connectivity index is 0.946.